The van der Waals surface area contributed by atoms with Gasteiger partial charge in [0.15, 0.2) is 6.10 Å². The van der Waals surface area contributed by atoms with Crippen molar-refractivity contribution in [3.05, 3.63) is 119 Å². The molecule has 0 fully saturated rings. The van der Waals surface area contributed by atoms with Gasteiger partial charge in [-0.05, 0) is 54.1 Å². The Morgan fingerprint density at radius 2 is 1.54 bits per heavy atom. The summed E-state index contributed by atoms with van der Waals surface area (Å²) in [6, 6.07) is 28.5. The molecule has 0 saturated carbocycles. The molecule has 2 N–H and O–H groups in total. The van der Waals surface area contributed by atoms with Gasteiger partial charge < -0.3 is 15.4 Å². The highest BCUT2D eigenvalue weighted by Crippen LogP contribution is 2.37. The first kappa shape index (κ1) is 26.3. The standard InChI is InChI=1S/C29H24ClN3O5S/c30-21-14-16-22(17-15-21)39(36,37)33-19-27(38-26-13-7-6-12-25(26)33)29(35)32-24-11-5-4-10-23(24)28(34)31-18-20-8-2-1-3-9-20/h1-17,27H,18-19H2,(H,31,34)(H,32,35)/t27-/m1/s1. The molecule has 39 heavy (non-hydrogen) atoms. The Bertz CT molecular complexity index is 1610. The lowest BCUT2D eigenvalue weighted by Crippen LogP contribution is -2.49. The summed E-state index contributed by atoms with van der Waals surface area (Å²) in [7, 11) is -4.04. The number of benzene rings is 4. The molecule has 198 valence electrons. The molecule has 8 nitrogen and oxygen atoms in total. The van der Waals surface area contributed by atoms with Crippen LogP contribution in [0.1, 0.15) is 15.9 Å². The fraction of sp³-hybridized carbons (Fsp3) is 0.103. The number of halogens is 1. The molecule has 0 saturated heterocycles. The molecule has 0 radical (unpaired) electrons. The van der Waals surface area contributed by atoms with Crippen molar-refractivity contribution in [1.82, 2.24) is 5.32 Å². The van der Waals surface area contributed by atoms with E-state index in [-0.39, 0.29) is 34.3 Å². The van der Waals surface area contributed by atoms with E-state index in [4.69, 9.17) is 16.3 Å². The zero-order chi connectivity index (χ0) is 27.4. The smallest absolute Gasteiger partial charge is 0.267 e. The van der Waals surface area contributed by atoms with Crippen LogP contribution in [-0.2, 0) is 21.4 Å². The number of para-hydroxylation sites is 3. The Balaban J connectivity index is 1.37. The number of carbonyl (C=O) groups excluding carboxylic acids is 2. The minimum atomic E-state index is -4.04. The average Bonchev–Trinajstić information content (AvgIpc) is 2.96. The van der Waals surface area contributed by atoms with E-state index in [0.29, 0.717) is 17.3 Å². The van der Waals surface area contributed by atoms with Gasteiger partial charge in [0.05, 0.1) is 28.4 Å². The zero-order valence-electron chi connectivity index (χ0n) is 20.6. The zero-order valence-corrected chi connectivity index (χ0v) is 22.2. The second kappa shape index (κ2) is 11.2. The molecular weight excluding hydrogens is 538 g/mol. The number of nitrogens with zero attached hydrogens (tertiary/aromatic N) is 1. The number of anilines is 2. The molecule has 0 bridgehead atoms. The van der Waals surface area contributed by atoms with Gasteiger partial charge in [-0.25, -0.2) is 8.42 Å². The molecule has 1 heterocycles. The van der Waals surface area contributed by atoms with Crippen LogP contribution < -0.4 is 19.7 Å². The highest BCUT2D eigenvalue weighted by Gasteiger charge is 2.37. The first-order chi connectivity index (χ1) is 18.8. The predicted molar refractivity (Wildman–Crippen MR) is 150 cm³/mol. The summed E-state index contributed by atoms with van der Waals surface area (Å²) in [6.45, 7) is 0.0537. The van der Waals surface area contributed by atoms with Crippen LogP contribution in [0.15, 0.2) is 108 Å². The summed E-state index contributed by atoms with van der Waals surface area (Å²) in [5.74, 6) is -0.712. The summed E-state index contributed by atoms with van der Waals surface area (Å²) in [5, 5.41) is 6.00. The summed E-state index contributed by atoms with van der Waals surface area (Å²) >= 11 is 5.95. The molecule has 1 aliphatic rings. The number of amides is 2. The average molecular weight is 562 g/mol. The maximum atomic E-state index is 13.6. The van der Waals surface area contributed by atoms with Crippen molar-refractivity contribution in [2.75, 3.05) is 16.2 Å². The van der Waals surface area contributed by atoms with Crippen LogP contribution >= 0.6 is 11.6 Å². The Morgan fingerprint density at radius 3 is 2.31 bits per heavy atom. The van der Waals surface area contributed by atoms with Crippen LogP contribution in [0.3, 0.4) is 0 Å². The van der Waals surface area contributed by atoms with Crippen molar-refractivity contribution in [2.45, 2.75) is 17.5 Å². The van der Waals surface area contributed by atoms with Crippen molar-refractivity contribution >= 4 is 44.8 Å². The predicted octanol–water partition coefficient (Wildman–Crippen LogP) is 4.87. The maximum absolute atomic E-state index is 13.6. The number of rotatable bonds is 7. The van der Waals surface area contributed by atoms with E-state index in [9.17, 15) is 18.0 Å². The van der Waals surface area contributed by atoms with Crippen molar-refractivity contribution in [1.29, 1.82) is 0 Å². The van der Waals surface area contributed by atoms with Gasteiger partial charge in [-0.1, -0.05) is 66.2 Å². The van der Waals surface area contributed by atoms with Gasteiger partial charge in [0.25, 0.3) is 21.8 Å². The van der Waals surface area contributed by atoms with E-state index in [0.717, 1.165) is 9.87 Å². The minimum absolute atomic E-state index is 0.0307. The Labute approximate surface area is 231 Å². The van der Waals surface area contributed by atoms with Crippen molar-refractivity contribution in [3.8, 4) is 5.75 Å². The van der Waals surface area contributed by atoms with E-state index in [1.54, 1.807) is 48.5 Å². The molecule has 1 aliphatic heterocycles. The van der Waals surface area contributed by atoms with Crippen molar-refractivity contribution in [2.24, 2.45) is 0 Å². The third kappa shape index (κ3) is 5.74. The number of fused-ring (bicyclic) bond motifs is 1. The van der Waals surface area contributed by atoms with E-state index in [2.05, 4.69) is 10.6 Å². The Hall–Kier alpha value is -4.34. The molecule has 0 unspecified atom stereocenters. The monoisotopic (exact) mass is 561 g/mol. The van der Waals surface area contributed by atoms with Gasteiger partial charge in [-0.2, -0.15) is 0 Å². The largest absolute Gasteiger partial charge is 0.476 e. The third-order valence-corrected chi connectivity index (χ3v) is 8.20. The molecule has 0 aromatic heterocycles. The van der Waals surface area contributed by atoms with Crippen LogP contribution in [0, 0.1) is 0 Å². The first-order valence-electron chi connectivity index (χ1n) is 12.1. The molecule has 4 aromatic carbocycles. The number of carbonyl (C=O) groups is 2. The second-order valence-electron chi connectivity index (χ2n) is 8.77. The lowest BCUT2D eigenvalue weighted by Gasteiger charge is -2.34. The number of hydrogen-bond donors (Lipinski definition) is 2. The van der Waals surface area contributed by atoms with Crippen LogP contribution in [0.4, 0.5) is 11.4 Å². The van der Waals surface area contributed by atoms with Crippen LogP contribution in [-0.4, -0.2) is 32.9 Å². The van der Waals surface area contributed by atoms with Gasteiger partial charge in [0.1, 0.15) is 5.75 Å². The van der Waals surface area contributed by atoms with Gasteiger partial charge >= 0.3 is 0 Å². The fourth-order valence-corrected chi connectivity index (χ4v) is 5.78. The lowest BCUT2D eigenvalue weighted by molar-refractivity contribution is -0.122. The maximum Gasteiger partial charge on any atom is 0.267 e. The Kier molecular flexibility index (Phi) is 7.53. The molecule has 0 spiro atoms. The molecule has 1 atom stereocenters. The highest BCUT2D eigenvalue weighted by atomic mass is 35.5. The minimum Gasteiger partial charge on any atom is -0.476 e. The SMILES string of the molecule is O=C(NCc1ccccc1)c1ccccc1NC(=O)[C@H]1CN(S(=O)(=O)c2ccc(Cl)cc2)c2ccccc2O1. The molecule has 4 aromatic rings. The molecule has 0 aliphatic carbocycles. The topological polar surface area (TPSA) is 105 Å². The molecule has 10 heteroatoms. The van der Waals surface area contributed by atoms with Crippen molar-refractivity contribution in [3.63, 3.8) is 0 Å². The molecular formula is C29H24ClN3O5S. The van der Waals surface area contributed by atoms with Gasteiger partial charge in [0, 0.05) is 11.6 Å². The van der Waals surface area contributed by atoms with Crippen LogP contribution in [0.2, 0.25) is 5.02 Å². The summed E-state index contributed by atoms with van der Waals surface area (Å²) in [5.41, 5.74) is 1.80. The lowest BCUT2D eigenvalue weighted by atomic mass is 10.1. The third-order valence-electron chi connectivity index (χ3n) is 6.15. The van der Waals surface area contributed by atoms with Gasteiger partial charge in [-0.3, -0.25) is 13.9 Å². The number of hydrogen-bond acceptors (Lipinski definition) is 5. The number of nitrogens with one attached hydrogen (secondary N) is 2. The van der Waals surface area contributed by atoms with Gasteiger partial charge in [0.2, 0.25) is 0 Å². The number of ether oxygens (including phenoxy) is 1. The second-order valence-corrected chi connectivity index (χ2v) is 11.1. The summed E-state index contributed by atoms with van der Waals surface area (Å²) in [6.07, 6.45) is -1.18. The van der Waals surface area contributed by atoms with E-state index in [1.807, 2.05) is 30.3 Å². The quantitative estimate of drug-likeness (QED) is 0.335. The molecule has 5 rings (SSSR count). The van der Waals surface area contributed by atoms with Crippen LogP contribution in [0.5, 0.6) is 5.75 Å². The molecule has 2 amide bonds. The van der Waals surface area contributed by atoms with E-state index in [1.165, 1.54) is 24.3 Å². The van der Waals surface area contributed by atoms with E-state index < -0.39 is 22.0 Å². The van der Waals surface area contributed by atoms with Crippen LogP contribution in [0.25, 0.3) is 0 Å². The van der Waals surface area contributed by atoms with Crippen molar-refractivity contribution < 1.29 is 22.7 Å². The summed E-state index contributed by atoms with van der Waals surface area (Å²) in [4.78, 5) is 26.3. The summed E-state index contributed by atoms with van der Waals surface area (Å²) < 4.78 is 34.2. The Morgan fingerprint density at radius 1 is 0.872 bits per heavy atom. The highest BCUT2D eigenvalue weighted by molar-refractivity contribution is 7.92. The number of sulfonamides is 1. The van der Waals surface area contributed by atoms with Gasteiger partial charge in [-0.15, -0.1) is 0 Å². The fourth-order valence-electron chi connectivity index (χ4n) is 4.18. The van der Waals surface area contributed by atoms with E-state index >= 15 is 0 Å². The first-order valence-corrected chi connectivity index (χ1v) is 13.9. The normalized spacial score (nSPS) is 14.6.